The van der Waals surface area contributed by atoms with Gasteiger partial charge in [-0.1, -0.05) is 25.6 Å². The number of rotatable bonds is 2. The van der Waals surface area contributed by atoms with Crippen molar-refractivity contribution in [3.8, 4) is 11.5 Å². The van der Waals surface area contributed by atoms with E-state index in [-0.39, 0.29) is 0 Å². The first kappa shape index (κ1) is 18.5. The molecule has 0 N–H and O–H groups in total. The van der Waals surface area contributed by atoms with Crippen LogP contribution in [-0.2, 0) is 0 Å². The van der Waals surface area contributed by atoms with E-state index in [1.54, 1.807) is 0 Å². The molecule has 2 saturated heterocycles. The van der Waals surface area contributed by atoms with Crippen LogP contribution in [0.5, 0.6) is 0 Å². The lowest BCUT2D eigenvalue weighted by Crippen LogP contribution is -2.52. The van der Waals surface area contributed by atoms with Crippen LogP contribution in [0.3, 0.4) is 0 Å². The van der Waals surface area contributed by atoms with Gasteiger partial charge < -0.3 is 9.80 Å². The number of benzene rings is 1. The van der Waals surface area contributed by atoms with E-state index in [4.69, 9.17) is 0 Å². The summed E-state index contributed by atoms with van der Waals surface area (Å²) in [5.74, 6) is 3.35. The van der Waals surface area contributed by atoms with Crippen LogP contribution >= 0.6 is 0 Å². The van der Waals surface area contributed by atoms with Crippen LogP contribution in [0, 0.1) is 11.5 Å². The maximum atomic E-state index is 3.45. The van der Waals surface area contributed by atoms with E-state index in [9.17, 15) is 0 Å². The Balaban J connectivity index is 1.53. The molecule has 0 unspecified atom stereocenters. The summed E-state index contributed by atoms with van der Waals surface area (Å²) in [7, 11) is 0.940. The Bertz CT molecular complexity index is 607. The van der Waals surface area contributed by atoms with E-state index in [0.29, 0.717) is 0 Å². The molecule has 136 valence electrons. The van der Waals surface area contributed by atoms with Gasteiger partial charge in [-0.2, -0.15) is 0 Å². The Morgan fingerprint density at radius 2 is 1.48 bits per heavy atom. The average Bonchev–Trinajstić information content (AvgIpc) is 2.61. The Morgan fingerprint density at radius 3 is 2.04 bits per heavy atom. The summed E-state index contributed by atoms with van der Waals surface area (Å²) in [6.45, 7) is 14.2. The molecule has 1 aromatic carbocycles. The van der Waals surface area contributed by atoms with Crippen LogP contribution in [-0.4, -0.2) is 70.2 Å². The minimum absolute atomic E-state index is 0.784. The second-order valence-corrected chi connectivity index (χ2v) is 13.4. The van der Waals surface area contributed by atoms with E-state index < -0.39 is 8.07 Å². The fourth-order valence-corrected chi connectivity index (χ4v) is 4.21. The van der Waals surface area contributed by atoms with Crippen molar-refractivity contribution in [2.45, 2.75) is 38.5 Å². The monoisotopic (exact) mass is 355 g/mol. The van der Waals surface area contributed by atoms with Gasteiger partial charge in [0.2, 0.25) is 0 Å². The topological polar surface area (TPSA) is 9.72 Å². The lowest BCUT2D eigenvalue weighted by molar-refractivity contribution is 0.0982. The summed E-state index contributed by atoms with van der Waals surface area (Å²) >= 11 is 0. The SMILES string of the molecule is CN1CCN(C2CCN(c3ccc(C#C[Si](C)(C)C)cc3)CC2)CC1. The van der Waals surface area contributed by atoms with Gasteiger partial charge in [-0.3, -0.25) is 4.90 Å². The molecule has 2 aliphatic heterocycles. The fraction of sp³-hybridized carbons (Fsp3) is 0.619. The zero-order valence-corrected chi connectivity index (χ0v) is 17.4. The highest BCUT2D eigenvalue weighted by molar-refractivity contribution is 6.83. The van der Waals surface area contributed by atoms with Crippen molar-refractivity contribution in [2.75, 3.05) is 51.2 Å². The van der Waals surface area contributed by atoms with Crippen molar-refractivity contribution >= 4 is 13.8 Å². The summed E-state index contributed by atoms with van der Waals surface area (Å²) in [5, 5.41) is 0. The fourth-order valence-electron chi connectivity index (χ4n) is 3.69. The van der Waals surface area contributed by atoms with Crippen LogP contribution < -0.4 is 4.90 Å². The minimum atomic E-state index is -1.29. The molecule has 2 heterocycles. The van der Waals surface area contributed by atoms with Crippen molar-refractivity contribution in [1.29, 1.82) is 0 Å². The summed E-state index contributed by atoms with van der Waals surface area (Å²) in [5.41, 5.74) is 5.96. The number of anilines is 1. The van der Waals surface area contributed by atoms with E-state index in [1.165, 1.54) is 57.8 Å². The molecule has 2 fully saturated rings. The summed E-state index contributed by atoms with van der Waals surface area (Å²) in [4.78, 5) is 7.70. The van der Waals surface area contributed by atoms with Crippen molar-refractivity contribution < 1.29 is 0 Å². The molecule has 4 heteroatoms. The van der Waals surface area contributed by atoms with Gasteiger partial charge in [0.25, 0.3) is 0 Å². The van der Waals surface area contributed by atoms with Crippen molar-refractivity contribution in [3.05, 3.63) is 29.8 Å². The maximum Gasteiger partial charge on any atom is 0.129 e. The lowest BCUT2D eigenvalue weighted by Gasteiger charge is -2.42. The lowest BCUT2D eigenvalue weighted by atomic mass is 10.0. The number of nitrogens with zero attached hydrogens (tertiary/aromatic N) is 3. The summed E-state index contributed by atoms with van der Waals surface area (Å²) in [6.07, 6.45) is 2.59. The molecule has 0 aliphatic carbocycles. The second kappa shape index (κ2) is 7.95. The third-order valence-electron chi connectivity index (χ3n) is 5.33. The standard InChI is InChI=1S/C21H33N3Si/c1-22-14-16-24(17-15-22)21-9-12-23(13-10-21)20-7-5-19(6-8-20)11-18-25(2,3)4/h5-8,21H,9-10,12-17H2,1-4H3. The molecule has 3 rings (SSSR count). The van der Waals surface area contributed by atoms with Crippen molar-refractivity contribution in [2.24, 2.45) is 0 Å². The van der Waals surface area contributed by atoms with Crippen molar-refractivity contribution in [3.63, 3.8) is 0 Å². The van der Waals surface area contributed by atoms with Gasteiger partial charge in [0.05, 0.1) is 0 Å². The van der Waals surface area contributed by atoms with E-state index in [2.05, 4.69) is 77.1 Å². The highest BCUT2D eigenvalue weighted by Crippen LogP contribution is 2.23. The molecule has 0 spiro atoms. The third kappa shape index (κ3) is 5.34. The molecule has 0 saturated carbocycles. The van der Waals surface area contributed by atoms with E-state index >= 15 is 0 Å². The smallest absolute Gasteiger partial charge is 0.129 e. The Labute approximate surface area is 155 Å². The third-order valence-corrected chi connectivity index (χ3v) is 6.21. The Kier molecular flexibility index (Phi) is 5.88. The molecular weight excluding hydrogens is 322 g/mol. The average molecular weight is 356 g/mol. The minimum Gasteiger partial charge on any atom is -0.371 e. The first-order valence-electron chi connectivity index (χ1n) is 9.71. The Hall–Kier alpha value is -1.28. The number of hydrogen-bond donors (Lipinski definition) is 0. The zero-order valence-electron chi connectivity index (χ0n) is 16.4. The van der Waals surface area contributed by atoms with Crippen molar-refractivity contribution in [1.82, 2.24) is 9.80 Å². The predicted octanol–water partition coefficient (Wildman–Crippen LogP) is 3.13. The van der Waals surface area contributed by atoms with E-state index in [1.807, 2.05) is 0 Å². The van der Waals surface area contributed by atoms with Crippen LogP contribution in [0.4, 0.5) is 5.69 Å². The zero-order chi connectivity index (χ0) is 17.9. The summed E-state index contributed by atoms with van der Waals surface area (Å²) < 4.78 is 0. The molecule has 0 radical (unpaired) electrons. The first-order chi connectivity index (χ1) is 11.9. The predicted molar refractivity (Wildman–Crippen MR) is 111 cm³/mol. The van der Waals surface area contributed by atoms with E-state index in [0.717, 1.165) is 11.6 Å². The molecule has 2 aliphatic rings. The molecular formula is C21H33N3Si. The molecule has 0 aromatic heterocycles. The largest absolute Gasteiger partial charge is 0.371 e. The van der Waals surface area contributed by atoms with Crippen LogP contribution in [0.25, 0.3) is 0 Å². The molecule has 3 nitrogen and oxygen atoms in total. The first-order valence-corrected chi connectivity index (χ1v) is 13.2. The van der Waals surface area contributed by atoms with Crippen LogP contribution in [0.15, 0.2) is 24.3 Å². The highest BCUT2D eigenvalue weighted by Gasteiger charge is 2.26. The number of likely N-dealkylation sites (N-methyl/N-ethyl adjacent to an activating group) is 1. The van der Waals surface area contributed by atoms with Gasteiger partial charge in [-0.25, -0.2) is 0 Å². The number of piperidine rings is 1. The maximum absolute atomic E-state index is 3.45. The van der Waals surface area contributed by atoms with Gasteiger partial charge in [0, 0.05) is 56.6 Å². The summed E-state index contributed by atoms with van der Waals surface area (Å²) in [6, 6.07) is 9.67. The normalized spacial score (nSPS) is 21.0. The van der Waals surface area contributed by atoms with Gasteiger partial charge >= 0.3 is 0 Å². The number of piperazine rings is 1. The quantitative estimate of drug-likeness (QED) is 0.596. The molecule has 0 bridgehead atoms. The van der Waals surface area contributed by atoms with Crippen LogP contribution in [0.2, 0.25) is 19.6 Å². The number of hydrogen-bond acceptors (Lipinski definition) is 3. The van der Waals surface area contributed by atoms with Gasteiger partial charge in [0.15, 0.2) is 0 Å². The van der Waals surface area contributed by atoms with Gasteiger partial charge in [-0.15, -0.1) is 5.54 Å². The molecule has 1 aromatic rings. The second-order valence-electron chi connectivity index (χ2n) is 8.60. The molecule has 0 amide bonds. The highest BCUT2D eigenvalue weighted by atomic mass is 28.3. The molecule has 25 heavy (non-hydrogen) atoms. The Morgan fingerprint density at radius 1 is 0.880 bits per heavy atom. The van der Waals surface area contributed by atoms with Gasteiger partial charge in [-0.05, 0) is 44.2 Å². The van der Waals surface area contributed by atoms with Gasteiger partial charge in [0.1, 0.15) is 8.07 Å². The van der Waals surface area contributed by atoms with Crippen LogP contribution in [0.1, 0.15) is 18.4 Å². The molecule has 0 atom stereocenters.